The van der Waals surface area contributed by atoms with Gasteiger partial charge in [-0.05, 0) is 12.1 Å². The lowest BCUT2D eigenvalue weighted by atomic mass is 10.2. The van der Waals surface area contributed by atoms with Gasteiger partial charge in [0.25, 0.3) is 0 Å². The summed E-state index contributed by atoms with van der Waals surface area (Å²) in [6, 6.07) is 10.0. The molecule has 3 nitrogen and oxygen atoms in total. The van der Waals surface area contributed by atoms with Gasteiger partial charge in [0.05, 0.1) is 17.5 Å². The van der Waals surface area contributed by atoms with Gasteiger partial charge in [0.1, 0.15) is 11.3 Å². The first kappa shape index (κ1) is 11.8. The highest BCUT2D eigenvalue weighted by atomic mass is 32.2. The molecule has 92 valence electrons. The van der Waals surface area contributed by atoms with Gasteiger partial charge in [-0.25, -0.2) is 4.98 Å². The molecule has 19 heavy (non-hydrogen) atoms. The molecule has 0 unspecified atom stereocenters. The highest BCUT2D eigenvalue weighted by Gasteiger charge is 2.09. The van der Waals surface area contributed by atoms with Crippen molar-refractivity contribution in [1.29, 1.82) is 0 Å². The van der Waals surface area contributed by atoms with E-state index in [1.165, 1.54) is 0 Å². The summed E-state index contributed by atoms with van der Waals surface area (Å²) in [5, 5.41) is 0. The number of nitrogens with zero attached hydrogens (tertiary/aromatic N) is 2. The highest BCUT2D eigenvalue weighted by Crippen LogP contribution is 2.30. The summed E-state index contributed by atoms with van der Waals surface area (Å²) in [6.45, 7) is 0. The number of aromatic nitrogens is 3. The fraction of sp³-hybridized carbons (Fsp3) is 0.0667. The molecule has 3 rings (SSSR count). The third-order valence-electron chi connectivity index (χ3n) is 2.74. The second-order valence-corrected chi connectivity index (χ2v) is 4.98. The van der Waals surface area contributed by atoms with Crippen LogP contribution in [0.2, 0.25) is 0 Å². The summed E-state index contributed by atoms with van der Waals surface area (Å²) in [5.74, 6) is 4.15. The zero-order chi connectivity index (χ0) is 13.1. The Bertz CT molecular complexity index is 722. The van der Waals surface area contributed by atoms with Crippen molar-refractivity contribution in [3.63, 3.8) is 0 Å². The van der Waals surface area contributed by atoms with Crippen molar-refractivity contribution in [2.75, 3.05) is 5.75 Å². The Kier molecular flexibility index (Phi) is 3.21. The number of thioether (sulfide) groups is 1. The fourth-order valence-corrected chi connectivity index (χ4v) is 2.63. The van der Waals surface area contributed by atoms with Crippen LogP contribution in [0, 0.1) is 12.3 Å². The van der Waals surface area contributed by atoms with Crippen LogP contribution < -0.4 is 0 Å². The predicted octanol–water partition coefficient (Wildman–Crippen LogP) is 3.35. The van der Waals surface area contributed by atoms with E-state index in [1.807, 2.05) is 24.3 Å². The molecule has 0 bridgehead atoms. The molecule has 0 atom stereocenters. The van der Waals surface area contributed by atoms with Crippen LogP contribution in [0.3, 0.4) is 0 Å². The molecule has 0 aliphatic heterocycles. The number of terminal acetylenes is 1. The predicted molar refractivity (Wildman–Crippen MR) is 78.9 cm³/mol. The second kappa shape index (κ2) is 5.17. The summed E-state index contributed by atoms with van der Waals surface area (Å²) in [4.78, 5) is 13.1. The van der Waals surface area contributed by atoms with Gasteiger partial charge >= 0.3 is 0 Å². The van der Waals surface area contributed by atoms with Gasteiger partial charge in [0.15, 0.2) is 0 Å². The number of pyridine rings is 1. The number of nitrogens with one attached hydrogen (secondary N) is 1. The van der Waals surface area contributed by atoms with Crippen molar-refractivity contribution in [2.45, 2.75) is 4.90 Å². The first-order valence-corrected chi connectivity index (χ1v) is 6.82. The van der Waals surface area contributed by atoms with Crippen LogP contribution in [-0.2, 0) is 0 Å². The third-order valence-corrected chi connectivity index (χ3v) is 3.72. The van der Waals surface area contributed by atoms with E-state index >= 15 is 0 Å². The number of rotatable bonds is 3. The summed E-state index contributed by atoms with van der Waals surface area (Å²) >= 11 is 1.64. The Labute approximate surface area is 115 Å². The molecular formula is C15H11N3S. The van der Waals surface area contributed by atoms with Crippen LogP contribution in [-0.4, -0.2) is 20.7 Å². The Balaban J connectivity index is 2.08. The van der Waals surface area contributed by atoms with Gasteiger partial charge in [-0.15, -0.1) is 18.2 Å². The molecule has 0 spiro atoms. The van der Waals surface area contributed by atoms with Gasteiger partial charge in [-0.3, -0.25) is 4.98 Å². The molecular weight excluding hydrogens is 254 g/mol. The van der Waals surface area contributed by atoms with Gasteiger partial charge in [0.2, 0.25) is 0 Å². The monoisotopic (exact) mass is 265 g/mol. The van der Waals surface area contributed by atoms with Crippen LogP contribution in [0.4, 0.5) is 0 Å². The quantitative estimate of drug-likeness (QED) is 0.583. The molecule has 4 heteroatoms. The van der Waals surface area contributed by atoms with E-state index in [1.54, 1.807) is 24.2 Å². The number of fused-ring (bicyclic) bond motifs is 1. The van der Waals surface area contributed by atoms with Crippen LogP contribution in [0.5, 0.6) is 0 Å². The van der Waals surface area contributed by atoms with Crippen molar-refractivity contribution in [2.24, 2.45) is 0 Å². The number of benzene rings is 1. The maximum absolute atomic E-state index is 5.32. The zero-order valence-corrected chi connectivity index (χ0v) is 10.9. The Morgan fingerprint density at radius 2 is 2.16 bits per heavy atom. The minimum Gasteiger partial charge on any atom is -0.338 e. The van der Waals surface area contributed by atoms with Crippen LogP contribution in [0.15, 0.2) is 47.6 Å². The number of aromatic amines is 1. The van der Waals surface area contributed by atoms with Crippen molar-refractivity contribution < 1.29 is 0 Å². The molecule has 1 aromatic carbocycles. The first-order chi connectivity index (χ1) is 9.38. The summed E-state index contributed by atoms with van der Waals surface area (Å²) in [5.41, 5.74) is 2.93. The molecule has 1 N–H and O–H groups in total. The average Bonchev–Trinajstić information content (AvgIpc) is 2.89. The SMILES string of the molecule is C#CCSc1ccccc1-c1nc2cnccc2[nH]1. The zero-order valence-electron chi connectivity index (χ0n) is 10.1. The maximum atomic E-state index is 5.32. The largest absolute Gasteiger partial charge is 0.338 e. The molecule has 2 heterocycles. The summed E-state index contributed by atoms with van der Waals surface area (Å²) in [6.07, 6.45) is 8.83. The van der Waals surface area contributed by atoms with E-state index in [4.69, 9.17) is 6.42 Å². The standard InChI is InChI=1S/C15H11N3S/c1-2-9-19-14-6-4-3-5-11(14)15-17-12-7-8-16-10-13(12)18-15/h1,3-8,10H,9H2,(H,17,18). The fourth-order valence-electron chi connectivity index (χ4n) is 1.89. The minimum atomic E-state index is 0.652. The van der Waals surface area contributed by atoms with Gasteiger partial charge in [-0.1, -0.05) is 24.1 Å². The molecule has 3 aromatic rings. The van der Waals surface area contributed by atoms with E-state index < -0.39 is 0 Å². The third kappa shape index (κ3) is 2.33. The Morgan fingerprint density at radius 3 is 3.00 bits per heavy atom. The first-order valence-electron chi connectivity index (χ1n) is 5.84. The molecule has 2 aromatic heterocycles. The van der Waals surface area contributed by atoms with E-state index in [-0.39, 0.29) is 0 Å². The highest BCUT2D eigenvalue weighted by molar-refractivity contribution is 7.99. The van der Waals surface area contributed by atoms with Crippen LogP contribution in [0.25, 0.3) is 22.4 Å². The number of imidazole rings is 1. The van der Waals surface area contributed by atoms with Crippen molar-refractivity contribution >= 4 is 22.8 Å². The summed E-state index contributed by atoms with van der Waals surface area (Å²) < 4.78 is 0. The number of hydrogen-bond acceptors (Lipinski definition) is 3. The van der Waals surface area contributed by atoms with Crippen LogP contribution >= 0.6 is 11.8 Å². The molecule has 0 radical (unpaired) electrons. The second-order valence-electron chi connectivity index (χ2n) is 3.97. The summed E-state index contributed by atoms with van der Waals surface area (Å²) in [7, 11) is 0. The van der Waals surface area contributed by atoms with E-state index in [0.29, 0.717) is 5.75 Å². The normalized spacial score (nSPS) is 10.5. The Morgan fingerprint density at radius 1 is 1.26 bits per heavy atom. The lowest BCUT2D eigenvalue weighted by Crippen LogP contribution is -1.85. The minimum absolute atomic E-state index is 0.652. The molecule has 0 aliphatic carbocycles. The van der Waals surface area contributed by atoms with Gasteiger partial charge < -0.3 is 4.98 Å². The Hall–Kier alpha value is -2.25. The van der Waals surface area contributed by atoms with Crippen molar-refractivity contribution in [1.82, 2.24) is 15.0 Å². The molecule has 0 fully saturated rings. The van der Waals surface area contributed by atoms with E-state index in [2.05, 4.69) is 26.9 Å². The van der Waals surface area contributed by atoms with Crippen molar-refractivity contribution in [3.05, 3.63) is 42.7 Å². The molecule has 0 aliphatic rings. The lowest BCUT2D eigenvalue weighted by molar-refractivity contribution is 1.29. The maximum Gasteiger partial charge on any atom is 0.139 e. The lowest BCUT2D eigenvalue weighted by Gasteiger charge is -2.04. The molecule has 0 amide bonds. The average molecular weight is 265 g/mol. The van der Waals surface area contributed by atoms with E-state index in [0.717, 1.165) is 27.3 Å². The van der Waals surface area contributed by atoms with Crippen molar-refractivity contribution in [3.8, 4) is 23.7 Å². The topological polar surface area (TPSA) is 41.6 Å². The van der Waals surface area contributed by atoms with Gasteiger partial charge in [0, 0.05) is 16.7 Å². The number of hydrogen-bond donors (Lipinski definition) is 1. The smallest absolute Gasteiger partial charge is 0.139 e. The van der Waals surface area contributed by atoms with Gasteiger partial charge in [-0.2, -0.15) is 0 Å². The number of H-pyrrole nitrogens is 1. The molecule has 0 saturated heterocycles. The van der Waals surface area contributed by atoms with E-state index in [9.17, 15) is 0 Å². The molecule has 0 saturated carbocycles. The van der Waals surface area contributed by atoms with Crippen LogP contribution in [0.1, 0.15) is 0 Å².